The molecule has 7 heteroatoms. The fraction of sp³-hybridized carbons (Fsp3) is 0.0345. The Morgan fingerprint density at radius 1 is 0.944 bits per heavy atom. The van der Waals surface area contributed by atoms with Crippen molar-refractivity contribution in [1.82, 2.24) is 9.78 Å². The minimum Gasteiger partial charge on any atom is -0.497 e. The Bertz CT molecular complexity index is 1720. The third kappa shape index (κ3) is 3.87. The third-order valence-electron chi connectivity index (χ3n) is 5.99. The van der Waals surface area contributed by atoms with Crippen LogP contribution in [0.4, 0.5) is 0 Å². The minimum absolute atomic E-state index is 0.0447. The van der Waals surface area contributed by atoms with Gasteiger partial charge in [0.1, 0.15) is 17.4 Å². The molecule has 0 aliphatic carbocycles. The van der Waals surface area contributed by atoms with E-state index in [9.17, 15) is 20.0 Å². The number of hydrogen-bond acceptors (Lipinski definition) is 5. The molecule has 1 heterocycles. The molecule has 1 N–H and O–H groups in total. The number of ether oxygens (including phenoxy) is 1. The van der Waals surface area contributed by atoms with Crippen LogP contribution in [0.15, 0.2) is 83.7 Å². The summed E-state index contributed by atoms with van der Waals surface area (Å²) in [6.07, 6.45) is 3.23. The van der Waals surface area contributed by atoms with Crippen LogP contribution in [0.5, 0.6) is 5.75 Å². The molecular formula is C29H19N3O4. The number of nitrogens with zero attached hydrogens (tertiary/aromatic N) is 3. The summed E-state index contributed by atoms with van der Waals surface area (Å²) >= 11 is 0. The molecule has 0 radical (unpaired) electrons. The molecule has 0 aliphatic rings. The van der Waals surface area contributed by atoms with Crippen LogP contribution in [0, 0.1) is 11.3 Å². The zero-order valence-electron chi connectivity index (χ0n) is 19.2. The number of fused-ring (bicyclic) bond motifs is 2. The fourth-order valence-corrected chi connectivity index (χ4v) is 4.26. The summed E-state index contributed by atoms with van der Waals surface area (Å²) in [7, 11) is 1.51. The second-order valence-electron chi connectivity index (χ2n) is 8.04. The van der Waals surface area contributed by atoms with Crippen LogP contribution < -0.4 is 10.3 Å². The Morgan fingerprint density at radius 3 is 2.08 bits per heavy atom. The van der Waals surface area contributed by atoms with Crippen LogP contribution in [0.3, 0.4) is 0 Å². The Labute approximate surface area is 205 Å². The fourth-order valence-electron chi connectivity index (χ4n) is 4.26. The highest BCUT2D eigenvalue weighted by molar-refractivity contribution is 6.08. The predicted molar refractivity (Wildman–Crippen MR) is 138 cm³/mol. The van der Waals surface area contributed by atoms with Crippen molar-refractivity contribution in [3.05, 3.63) is 112 Å². The van der Waals surface area contributed by atoms with Crippen molar-refractivity contribution in [2.24, 2.45) is 0 Å². The smallest absolute Gasteiger partial charge is 0.357 e. The van der Waals surface area contributed by atoms with Crippen molar-refractivity contribution in [2.75, 3.05) is 7.11 Å². The molecule has 4 aromatic carbocycles. The van der Waals surface area contributed by atoms with Gasteiger partial charge in [0.2, 0.25) is 0 Å². The lowest BCUT2D eigenvalue weighted by molar-refractivity contribution is 0.0688. The lowest BCUT2D eigenvalue weighted by atomic mass is 9.95. The van der Waals surface area contributed by atoms with E-state index in [2.05, 4.69) is 11.2 Å². The topological polar surface area (TPSA) is 105 Å². The van der Waals surface area contributed by atoms with Gasteiger partial charge in [-0.1, -0.05) is 60.7 Å². The van der Waals surface area contributed by atoms with Gasteiger partial charge in [0.05, 0.1) is 12.8 Å². The Hall–Kier alpha value is -5.22. The van der Waals surface area contributed by atoms with Crippen LogP contribution in [0.2, 0.25) is 0 Å². The van der Waals surface area contributed by atoms with Crippen LogP contribution in [-0.4, -0.2) is 28.0 Å². The molecule has 0 atom stereocenters. The van der Waals surface area contributed by atoms with E-state index < -0.39 is 17.2 Å². The SMILES string of the molecule is COc1ccc(-n2nc(C(=O)O)c(/C=C\c3c4ccccc4cc4ccccc34)c(C#N)c2=O)cc1. The van der Waals surface area contributed by atoms with Crippen molar-refractivity contribution >= 4 is 39.7 Å². The number of carboxylic acid groups (broad SMARTS) is 1. The van der Waals surface area contributed by atoms with Crippen molar-refractivity contribution in [2.45, 2.75) is 0 Å². The summed E-state index contributed by atoms with van der Waals surface area (Å²) in [5.74, 6) is -0.788. The van der Waals surface area contributed by atoms with Gasteiger partial charge in [-0.15, -0.1) is 0 Å². The van der Waals surface area contributed by atoms with Gasteiger partial charge in [0, 0.05) is 5.56 Å². The number of hydrogen-bond donors (Lipinski definition) is 1. The van der Waals surface area contributed by atoms with E-state index in [0.717, 1.165) is 31.8 Å². The van der Waals surface area contributed by atoms with E-state index in [1.54, 1.807) is 30.3 Å². The molecule has 0 unspecified atom stereocenters. The van der Waals surface area contributed by atoms with E-state index >= 15 is 0 Å². The van der Waals surface area contributed by atoms with Gasteiger partial charge < -0.3 is 9.84 Å². The molecule has 0 bridgehead atoms. The average Bonchev–Trinajstić information content (AvgIpc) is 2.91. The Balaban J connectivity index is 1.74. The summed E-state index contributed by atoms with van der Waals surface area (Å²) in [4.78, 5) is 25.4. The minimum atomic E-state index is -1.35. The zero-order chi connectivity index (χ0) is 25.2. The molecule has 0 aliphatic heterocycles. The first-order valence-electron chi connectivity index (χ1n) is 11.1. The second kappa shape index (κ2) is 9.20. The molecule has 36 heavy (non-hydrogen) atoms. The standard InChI is InChI=1S/C29H19N3O4/c1-36-21-12-10-20(11-13-21)32-28(33)26(17-30)25(27(31-32)29(34)35)15-14-24-22-8-4-2-6-18(22)16-19-7-3-5-9-23(19)24/h2-16H,1H3,(H,34,35)/b15-14-. The first-order valence-corrected chi connectivity index (χ1v) is 11.1. The quantitative estimate of drug-likeness (QED) is 0.348. The molecule has 5 rings (SSSR count). The number of methoxy groups -OCH3 is 1. The van der Waals surface area contributed by atoms with Gasteiger partial charge in [-0.25, -0.2) is 4.79 Å². The number of nitriles is 1. The molecule has 7 nitrogen and oxygen atoms in total. The molecule has 5 aromatic rings. The molecule has 0 spiro atoms. The summed E-state index contributed by atoms with van der Waals surface area (Å²) < 4.78 is 6.06. The molecule has 0 saturated heterocycles. The van der Waals surface area contributed by atoms with Crippen molar-refractivity contribution < 1.29 is 14.6 Å². The number of benzene rings is 4. The number of carbonyl (C=O) groups is 1. The van der Waals surface area contributed by atoms with E-state index in [4.69, 9.17) is 4.74 Å². The van der Waals surface area contributed by atoms with Gasteiger partial charge in [0.15, 0.2) is 5.69 Å². The predicted octanol–water partition coefficient (Wildman–Crippen LogP) is 5.29. The highest BCUT2D eigenvalue weighted by Gasteiger charge is 2.21. The lowest BCUT2D eigenvalue weighted by Crippen LogP contribution is -2.28. The van der Waals surface area contributed by atoms with Gasteiger partial charge >= 0.3 is 5.97 Å². The van der Waals surface area contributed by atoms with Crippen LogP contribution >= 0.6 is 0 Å². The molecule has 1 aromatic heterocycles. The monoisotopic (exact) mass is 473 g/mol. The third-order valence-corrected chi connectivity index (χ3v) is 5.99. The molecule has 174 valence electrons. The lowest BCUT2D eigenvalue weighted by Gasteiger charge is -2.11. The zero-order valence-corrected chi connectivity index (χ0v) is 19.2. The largest absolute Gasteiger partial charge is 0.497 e. The Morgan fingerprint density at radius 2 is 1.53 bits per heavy atom. The highest BCUT2D eigenvalue weighted by Crippen LogP contribution is 2.30. The van der Waals surface area contributed by atoms with Crippen molar-refractivity contribution in [1.29, 1.82) is 5.26 Å². The molecule has 0 saturated carbocycles. The first-order chi connectivity index (χ1) is 17.5. The summed E-state index contributed by atoms with van der Waals surface area (Å²) in [6.45, 7) is 0. The summed E-state index contributed by atoms with van der Waals surface area (Å²) in [6, 6.07) is 26.1. The number of rotatable bonds is 5. The van der Waals surface area contributed by atoms with Crippen LogP contribution in [0.1, 0.15) is 27.2 Å². The van der Waals surface area contributed by atoms with E-state index in [0.29, 0.717) is 11.4 Å². The second-order valence-corrected chi connectivity index (χ2v) is 8.04. The number of carboxylic acids is 1. The van der Waals surface area contributed by atoms with Gasteiger partial charge in [0.25, 0.3) is 5.56 Å². The first kappa shape index (κ1) is 22.6. The van der Waals surface area contributed by atoms with Crippen LogP contribution in [0.25, 0.3) is 39.4 Å². The van der Waals surface area contributed by atoms with Crippen molar-refractivity contribution in [3.8, 4) is 17.5 Å². The Kier molecular flexibility index (Phi) is 5.77. The van der Waals surface area contributed by atoms with E-state index in [1.807, 2.05) is 54.6 Å². The van der Waals surface area contributed by atoms with E-state index in [1.165, 1.54) is 13.2 Å². The molecule has 0 amide bonds. The highest BCUT2D eigenvalue weighted by atomic mass is 16.5. The van der Waals surface area contributed by atoms with Gasteiger partial charge in [-0.2, -0.15) is 15.0 Å². The number of aromatic nitrogens is 2. The summed E-state index contributed by atoms with van der Waals surface area (Å²) in [5.41, 5.74) is -0.299. The van der Waals surface area contributed by atoms with Gasteiger partial charge in [-0.05, 0) is 57.4 Å². The average molecular weight is 473 g/mol. The van der Waals surface area contributed by atoms with Gasteiger partial charge in [-0.3, -0.25) is 4.79 Å². The maximum atomic E-state index is 13.2. The summed E-state index contributed by atoms with van der Waals surface area (Å²) in [5, 5.41) is 27.9. The van der Waals surface area contributed by atoms with Crippen LogP contribution in [-0.2, 0) is 0 Å². The van der Waals surface area contributed by atoms with E-state index in [-0.39, 0.29) is 11.1 Å². The normalized spacial score (nSPS) is 11.1. The maximum Gasteiger partial charge on any atom is 0.357 e. The maximum absolute atomic E-state index is 13.2. The van der Waals surface area contributed by atoms with Crippen molar-refractivity contribution in [3.63, 3.8) is 0 Å². The molecular weight excluding hydrogens is 454 g/mol. The molecule has 0 fully saturated rings. The number of aromatic carboxylic acids is 1.